The maximum atomic E-state index is 2.67. The van der Waals surface area contributed by atoms with Crippen molar-refractivity contribution in [2.45, 2.75) is 65.8 Å². The van der Waals surface area contributed by atoms with Gasteiger partial charge in [-0.2, -0.15) is 0 Å². The predicted molar refractivity (Wildman–Crippen MR) is 68.1 cm³/mol. The van der Waals surface area contributed by atoms with E-state index in [0.29, 0.717) is 0 Å². The van der Waals surface area contributed by atoms with Crippen molar-refractivity contribution in [1.82, 2.24) is 4.90 Å². The van der Waals surface area contributed by atoms with E-state index in [0.717, 1.165) is 17.9 Å². The van der Waals surface area contributed by atoms with Crippen molar-refractivity contribution in [3.63, 3.8) is 0 Å². The highest BCUT2D eigenvalue weighted by atomic mass is 15.2. The van der Waals surface area contributed by atoms with Crippen LogP contribution in [-0.4, -0.2) is 24.0 Å². The van der Waals surface area contributed by atoms with Gasteiger partial charge in [0.15, 0.2) is 0 Å². The number of nitrogens with zero attached hydrogens (tertiary/aromatic N) is 1. The fraction of sp³-hybridized carbons (Fsp3) is 1.00. The Kier molecular flexibility index (Phi) is 5.66. The Morgan fingerprint density at radius 3 is 2.07 bits per heavy atom. The standard InChI is InChI=1S/C14H29N/c1-5-12(2)13(3)8-9-14(4)15-10-6-7-11-15/h12-14H,5-11H2,1-4H3. The van der Waals surface area contributed by atoms with E-state index in [2.05, 4.69) is 32.6 Å². The molecule has 0 aliphatic carbocycles. The first-order valence-corrected chi connectivity index (χ1v) is 6.89. The average molecular weight is 211 g/mol. The Hall–Kier alpha value is -0.0400. The van der Waals surface area contributed by atoms with Crippen LogP contribution in [0.2, 0.25) is 0 Å². The molecule has 1 nitrogen and oxygen atoms in total. The lowest BCUT2D eigenvalue weighted by Gasteiger charge is -2.26. The highest BCUT2D eigenvalue weighted by Crippen LogP contribution is 2.23. The second-order valence-corrected chi connectivity index (χ2v) is 5.53. The van der Waals surface area contributed by atoms with Gasteiger partial charge in [0.25, 0.3) is 0 Å². The minimum absolute atomic E-state index is 0.819. The minimum atomic E-state index is 0.819. The molecule has 0 saturated carbocycles. The summed E-state index contributed by atoms with van der Waals surface area (Å²) in [4.78, 5) is 2.67. The van der Waals surface area contributed by atoms with Gasteiger partial charge in [-0.15, -0.1) is 0 Å². The first-order chi connectivity index (χ1) is 7.15. The zero-order valence-corrected chi connectivity index (χ0v) is 11.1. The zero-order valence-electron chi connectivity index (χ0n) is 11.1. The molecule has 90 valence electrons. The van der Waals surface area contributed by atoms with E-state index in [1.54, 1.807) is 0 Å². The monoisotopic (exact) mass is 211 g/mol. The molecule has 15 heavy (non-hydrogen) atoms. The fourth-order valence-electron chi connectivity index (χ4n) is 2.56. The van der Waals surface area contributed by atoms with E-state index >= 15 is 0 Å². The summed E-state index contributed by atoms with van der Waals surface area (Å²) in [6.45, 7) is 12.2. The average Bonchev–Trinajstić information content (AvgIpc) is 2.77. The molecule has 0 amide bonds. The van der Waals surface area contributed by atoms with Crippen LogP contribution in [-0.2, 0) is 0 Å². The van der Waals surface area contributed by atoms with Gasteiger partial charge in [-0.25, -0.2) is 0 Å². The lowest BCUT2D eigenvalue weighted by atomic mass is 9.88. The molecular formula is C14H29N. The van der Waals surface area contributed by atoms with Gasteiger partial charge in [-0.3, -0.25) is 0 Å². The molecule has 0 radical (unpaired) electrons. The molecule has 1 heterocycles. The van der Waals surface area contributed by atoms with Gasteiger partial charge in [-0.1, -0.05) is 27.2 Å². The highest BCUT2D eigenvalue weighted by Gasteiger charge is 2.19. The fourth-order valence-corrected chi connectivity index (χ4v) is 2.56. The largest absolute Gasteiger partial charge is 0.301 e. The van der Waals surface area contributed by atoms with Crippen LogP contribution in [0.15, 0.2) is 0 Å². The molecule has 1 fully saturated rings. The van der Waals surface area contributed by atoms with Gasteiger partial charge in [0.2, 0.25) is 0 Å². The molecule has 0 spiro atoms. The highest BCUT2D eigenvalue weighted by molar-refractivity contribution is 4.74. The summed E-state index contributed by atoms with van der Waals surface area (Å²) in [6, 6.07) is 0.819. The molecule has 0 aromatic heterocycles. The molecule has 3 unspecified atom stereocenters. The quantitative estimate of drug-likeness (QED) is 0.643. The van der Waals surface area contributed by atoms with Gasteiger partial charge in [0.1, 0.15) is 0 Å². The summed E-state index contributed by atoms with van der Waals surface area (Å²) in [5.74, 6) is 1.80. The minimum Gasteiger partial charge on any atom is -0.301 e. The zero-order chi connectivity index (χ0) is 11.3. The van der Waals surface area contributed by atoms with Crippen molar-refractivity contribution in [2.75, 3.05) is 13.1 Å². The number of hydrogen-bond donors (Lipinski definition) is 0. The van der Waals surface area contributed by atoms with Gasteiger partial charge in [-0.05, 0) is 57.5 Å². The molecule has 1 aliphatic heterocycles. The first kappa shape index (κ1) is 13.0. The van der Waals surface area contributed by atoms with Crippen LogP contribution in [0.25, 0.3) is 0 Å². The molecular weight excluding hydrogens is 182 g/mol. The third kappa shape index (κ3) is 4.14. The Morgan fingerprint density at radius 1 is 0.933 bits per heavy atom. The predicted octanol–water partition coefficient (Wildman–Crippen LogP) is 3.93. The Bertz CT molecular complexity index is 161. The van der Waals surface area contributed by atoms with Crippen LogP contribution in [0.5, 0.6) is 0 Å². The number of likely N-dealkylation sites (tertiary alicyclic amines) is 1. The normalized spacial score (nSPS) is 24.0. The van der Waals surface area contributed by atoms with Crippen molar-refractivity contribution in [3.05, 3.63) is 0 Å². The first-order valence-electron chi connectivity index (χ1n) is 6.89. The summed E-state index contributed by atoms with van der Waals surface area (Å²) in [5, 5.41) is 0. The number of rotatable bonds is 6. The van der Waals surface area contributed by atoms with E-state index in [4.69, 9.17) is 0 Å². The van der Waals surface area contributed by atoms with E-state index in [1.807, 2.05) is 0 Å². The second kappa shape index (κ2) is 6.52. The molecule has 1 aliphatic rings. The van der Waals surface area contributed by atoms with Crippen molar-refractivity contribution in [1.29, 1.82) is 0 Å². The molecule has 1 rings (SSSR count). The lowest BCUT2D eigenvalue weighted by Crippen LogP contribution is -2.30. The molecule has 3 atom stereocenters. The van der Waals surface area contributed by atoms with Crippen LogP contribution in [0.4, 0.5) is 0 Å². The number of hydrogen-bond acceptors (Lipinski definition) is 1. The van der Waals surface area contributed by atoms with Crippen molar-refractivity contribution in [3.8, 4) is 0 Å². The van der Waals surface area contributed by atoms with Gasteiger partial charge in [0.05, 0.1) is 0 Å². The van der Waals surface area contributed by atoms with Crippen LogP contribution in [0, 0.1) is 11.8 Å². The van der Waals surface area contributed by atoms with E-state index in [-0.39, 0.29) is 0 Å². The second-order valence-electron chi connectivity index (χ2n) is 5.53. The molecule has 0 bridgehead atoms. The topological polar surface area (TPSA) is 3.24 Å². The SMILES string of the molecule is CCC(C)C(C)CCC(C)N1CCCC1. The summed E-state index contributed by atoms with van der Waals surface area (Å²) >= 11 is 0. The maximum absolute atomic E-state index is 2.67. The van der Waals surface area contributed by atoms with Crippen molar-refractivity contribution in [2.24, 2.45) is 11.8 Å². The Morgan fingerprint density at radius 2 is 1.53 bits per heavy atom. The summed E-state index contributed by atoms with van der Waals surface area (Å²) in [5.41, 5.74) is 0. The lowest BCUT2D eigenvalue weighted by molar-refractivity contribution is 0.223. The van der Waals surface area contributed by atoms with E-state index < -0.39 is 0 Å². The molecule has 1 heteroatoms. The van der Waals surface area contributed by atoms with E-state index in [9.17, 15) is 0 Å². The molecule has 0 aromatic rings. The van der Waals surface area contributed by atoms with Gasteiger partial charge >= 0.3 is 0 Å². The van der Waals surface area contributed by atoms with Crippen molar-refractivity contribution >= 4 is 0 Å². The van der Waals surface area contributed by atoms with Gasteiger partial charge < -0.3 is 4.90 Å². The van der Waals surface area contributed by atoms with Crippen LogP contribution >= 0.6 is 0 Å². The van der Waals surface area contributed by atoms with Crippen molar-refractivity contribution < 1.29 is 0 Å². The maximum Gasteiger partial charge on any atom is 0.00670 e. The van der Waals surface area contributed by atoms with E-state index in [1.165, 1.54) is 45.2 Å². The smallest absolute Gasteiger partial charge is 0.00670 e. The third-order valence-corrected chi connectivity index (χ3v) is 4.42. The van der Waals surface area contributed by atoms with Crippen LogP contribution in [0.3, 0.4) is 0 Å². The summed E-state index contributed by atoms with van der Waals surface area (Å²) in [7, 11) is 0. The Labute approximate surface area is 96.2 Å². The molecule has 0 N–H and O–H groups in total. The van der Waals surface area contributed by atoms with Crippen LogP contribution < -0.4 is 0 Å². The Balaban J connectivity index is 2.17. The third-order valence-electron chi connectivity index (χ3n) is 4.42. The summed E-state index contributed by atoms with van der Waals surface area (Å²) in [6.07, 6.45) is 6.98. The molecule has 1 saturated heterocycles. The van der Waals surface area contributed by atoms with Crippen LogP contribution in [0.1, 0.15) is 59.8 Å². The molecule has 0 aromatic carbocycles. The van der Waals surface area contributed by atoms with Gasteiger partial charge in [0, 0.05) is 6.04 Å². The summed E-state index contributed by atoms with van der Waals surface area (Å²) < 4.78 is 0.